The molecule has 2 rings (SSSR count). The number of nitrogens with one attached hydrogen (secondary N) is 1. The molecular formula is C12H17N3O. The largest absolute Gasteiger partial charge is 0.310 e. The van der Waals surface area contributed by atoms with Gasteiger partial charge in [0.1, 0.15) is 5.82 Å². The molecule has 0 aliphatic carbocycles. The third-order valence-corrected chi connectivity index (χ3v) is 3.01. The zero-order valence-corrected chi connectivity index (χ0v) is 9.52. The average Bonchev–Trinajstić information content (AvgIpc) is 2.31. The van der Waals surface area contributed by atoms with E-state index in [9.17, 15) is 4.79 Å². The van der Waals surface area contributed by atoms with Gasteiger partial charge in [0.25, 0.3) is 0 Å². The minimum Gasteiger partial charge on any atom is -0.310 e. The standard InChI is InChI=1S/C12H17N3O/c1-15-8-5-10(6-9-15)12(16)14-11-4-2-3-7-13-11/h2-4,7,10H,5-6,8-9H2,1H3,(H,13,14,16). The fraction of sp³-hybridized carbons (Fsp3) is 0.500. The molecule has 2 heterocycles. The number of carbonyl (C=O) groups is 1. The van der Waals surface area contributed by atoms with E-state index < -0.39 is 0 Å². The number of anilines is 1. The number of rotatable bonds is 2. The van der Waals surface area contributed by atoms with Gasteiger partial charge < -0.3 is 10.2 Å². The topological polar surface area (TPSA) is 45.2 Å². The highest BCUT2D eigenvalue weighted by Gasteiger charge is 2.23. The van der Waals surface area contributed by atoms with Crippen molar-refractivity contribution in [3.63, 3.8) is 0 Å². The van der Waals surface area contributed by atoms with E-state index in [1.165, 1.54) is 0 Å². The predicted molar refractivity (Wildman–Crippen MR) is 63.1 cm³/mol. The Kier molecular flexibility index (Phi) is 3.51. The molecule has 0 saturated carbocycles. The van der Waals surface area contributed by atoms with Crippen molar-refractivity contribution in [2.45, 2.75) is 12.8 Å². The summed E-state index contributed by atoms with van der Waals surface area (Å²) in [5, 5.41) is 2.86. The molecule has 0 unspecified atom stereocenters. The molecule has 4 nitrogen and oxygen atoms in total. The van der Waals surface area contributed by atoms with Gasteiger partial charge in [0.15, 0.2) is 0 Å². The maximum absolute atomic E-state index is 11.9. The Hall–Kier alpha value is -1.42. The van der Waals surface area contributed by atoms with Gasteiger partial charge in [0.05, 0.1) is 0 Å². The molecule has 0 spiro atoms. The van der Waals surface area contributed by atoms with Crippen LogP contribution in [-0.2, 0) is 4.79 Å². The molecule has 1 aliphatic rings. The van der Waals surface area contributed by atoms with E-state index in [2.05, 4.69) is 22.2 Å². The van der Waals surface area contributed by atoms with Gasteiger partial charge >= 0.3 is 0 Å². The van der Waals surface area contributed by atoms with Crippen molar-refractivity contribution in [3.05, 3.63) is 24.4 Å². The highest BCUT2D eigenvalue weighted by Crippen LogP contribution is 2.17. The maximum Gasteiger partial charge on any atom is 0.228 e. The summed E-state index contributed by atoms with van der Waals surface area (Å²) in [4.78, 5) is 18.2. The van der Waals surface area contributed by atoms with Crippen molar-refractivity contribution in [3.8, 4) is 0 Å². The van der Waals surface area contributed by atoms with Crippen LogP contribution in [0.1, 0.15) is 12.8 Å². The number of piperidine rings is 1. The van der Waals surface area contributed by atoms with Crippen molar-refractivity contribution >= 4 is 11.7 Å². The molecule has 1 aliphatic heterocycles. The smallest absolute Gasteiger partial charge is 0.228 e. The van der Waals surface area contributed by atoms with Crippen LogP contribution in [-0.4, -0.2) is 35.9 Å². The average molecular weight is 219 g/mol. The summed E-state index contributed by atoms with van der Waals surface area (Å²) in [6.07, 6.45) is 3.56. The number of hydrogen-bond acceptors (Lipinski definition) is 3. The van der Waals surface area contributed by atoms with Crippen molar-refractivity contribution in [2.24, 2.45) is 5.92 Å². The highest BCUT2D eigenvalue weighted by molar-refractivity contribution is 5.91. The molecule has 0 bridgehead atoms. The first kappa shape index (κ1) is 11.1. The summed E-state index contributed by atoms with van der Waals surface area (Å²) < 4.78 is 0. The van der Waals surface area contributed by atoms with Crippen LogP contribution < -0.4 is 5.32 Å². The Morgan fingerprint density at radius 1 is 1.44 bits per heavy atom. The lowest BCUT2D eigenvalue weighted by molar-refractivity contribution is -0.121. The number of hydrogen-bond donors (Lipinski definition) is 1. The molecule has 0 aromatic carbocycles. The summed E-state index contributed by atoms with van der Waals surface area (Å²) >= 11 is 0. The normalized spacial score (nSPS) is 18.3. The lowest BCUT2D eigenvalue weighted by Crippen LogP contribution is -2.36. The van der Waals surface area contributed by atoms with Crippen molar-refractivity contribution in [2.75, 3.05) is 25.5 Å². The summed E-state index contributed by atoms with van der Waals surface area (Å²) in [6, 6.07) is 5.52. The van der Waals surface area contributed by atoms with Crippen LogP contribution in [0.2, 0.25) is 0 Å². The molecule has 1 aromatic heterocycles. The minimum absolute atomic E-state index is 0.104. The Morgan fingerprint density at radius 3 is 2.81 bits per heavy atom. The quantitative estimate of drug-likeness (QED) is 0.817. The number of amides is 1. The fourth-order valence-corrected chi connectivity index (χ4v) is 1.94. The number of pyridine rings is 1. The summed E-state index contributed by atoms with van der Waals surface area (Å²) in [6.45, 7) is 2.00. The van der Waals surface area contributed by atoms with Crippen LogP contribution in [0.5, 0.6) is 0 Å². The van der Waals surface area contributed by atoms with Gasteiger partial charge in [-0.2, -0.15) is 0 Å². The van der Waals surface area contributed by atoms with Gasteiger partial charge in [-0.3, -0.25) is 4.79 Å². The summed E-state index contributed by atoms with van der Waals surface area (Å²) in [7, 11) is 2.09. The third kappa shape index (κ3) is 2.79. The fourth-order valence-electron chi connectivity index (χ4n) is 1.94. The third-order valence-electron chi connectivity index (χ3n) is 3.01. The van der Waals surface area contributed by atoms with E-state index in [1.807, 2.05) is 18.2 Å². The molecule has 1 amide bonds. The minimum atomic E-state index is 0.104. The molecule has 0 radical (unpaired) electrons. The van der Waals surface area contributed by atoms with Crippen LogP contribution in [0.4, 0.5) is 5.82 Å². The van der Waals surface area contributed by atoms with Crippen molar-refractivity contribution < 1.29 is 4.79 Å². The van der Waals surface area contributed by atoms with Crippen LogP contribution in [0, 0.1) is 5.92 Å². The van der Waals surface area contributed by atoms with E-state index >= 15 is 0 Å². The molecule has 1 fully saturated rings. The van der Waals surface area contributed by atoms with Gasteiger partial charge in [-0.1, -0.05) is 6.07 Å². The zero-order valence-electron chi connectivity index (χ0n) is 9.52. The molecule has 4 heteroatoms. The molecule has 1 aromatic rings. The van der Waals surface area contributed by atoms with Crippen molar-refractivity contribution in [1.82, 2.24) is 9.88 Å². The Balaban J connectivity index is 1.89. The van der Waals surface area contributed by atoms with Crippen molar-refractivity contribution in [1.29, 1.82) is 0 Å². The molecule has 86 valence electrons. The summed E-state index contributed by atoms with van der Waals surface area (Å²) in [5.74, 6) is 0.886. The SMILES string of the molecule is CN1CCC(C(=O)Nc2ccccn2)CC1. The van der Waals surface area contributed by atoms with Gasteiger partial charge in [-0.25, -0.2) is 4.98 Å². The zero-order chi connectivity index (χ0) is 11.4. The van der Waals surface area contributed by atoms with Crippen LogP contribution in [0.15, 0.2) is 24.4 Å². The Bertz CT molecular complexity index is 345. The number of nitrogens with zero attached hydrogens (tertiary/aromatic N) is 2. The van der Waals surface area contributed by atoms with Crippen LogP contribution in [0.25, 0.3) is 0 Å². The molecule has 16 heavy (non-hydrogen) atoms. The predicted octanol–water partition coefficient (Wildman–Crippen LogP) is 1.36. The number of carbonyl (C=O) groups excluding carboxylic acids is 1. The molecule has 0 atom stereocenters. The van der Waals surface area contributed by atoms with Crippen LogP contribution >= 0.6 is 0 Å². The molecule has 1 saturated heterocycles. The molecular weight excluding hydrogens is 202 g/mol. The van der Waals surface area contributed by atoms with Gasteiger partial charge in [0.2, 0.25) is 5.91 Å². The number of aromatic nitrogens is 1. The lowest BCUT2D eigenvalue weighted by atomic mass is 9.96. The Morgan fingerprint density at radius 2 is 2.19 bits per heavy atom. The van der Waals surface area contributed by atoms with Crippen LogP contribution in [0.3, 0.4) is 0 Å². The van der Waals surface area contributed by atoms with Gasteiger partial charge in [0, 0.05) is 12.1 Å². The first-order valence-corrected chi connectivity index (χ1v) is 5.66. The Labute approximate surface area is 95.7 Å². The maximum atomic E-state index is 11.9. The monoisotopic (exact) mass is 219 g/mol. The summed E-state index contributed by atoms with van der Waals surface area (Å²) in [5.41, 5.74) is 0. The van der Waals surface area contributed by atoms with Gasteiger partial charge in [-0.05, 0) is 45.1 Å². The van der Waals surface area contributed by atoms with Gasteiger partial charge in [-0.15, -0.1) is 0 Å². The van der Waals surface area contributed by atoms with E-state index in [0.29, 0.717) is 5.82 Å². The second-order valence-electron chi connectivity index (χ2n) is 4.28. The van der Waals surface area contributed by atoms with E-state index in [-0.39, 0.29) is 11.8 Å². The first-order chi connectivity index (χ1) is 7.75. The second-order valence-corrected chi connectivity index (χ2v) is 4.28. The van der Waals surface area contributed by atoms with E-state index in [0.717, 1.165) is 25.9 Å². The van der Waals surface area contributed by atoms with E-state index in [1.54, 1.807) is 6.20 Å². The molecule has 1 N–H and O–H groups in total. The first-order valence-electron chi connectivity index (χ1n) is 5.66. The highest BCUT2D eigenvalue weighted by atomic mass is 16.1. The van der Waals surface area contributed by atoms with E-state index in [4.69, 9.17) is 0 Å². The second kappa shape index (κ2) is 5.07. The number of likely N-dealkylation sites (tertiary alicyclic amines) is 1. The lowest BCUT2D eigenvalue weighted by Gasteiger charge is -2.27.